The summed E-state index contributed by atoms with van der Waals surface area (Å²) in [6.07, 6.45) is 10.0. The average molecular weight is 412 g/mol. The SMILES string of the molecule is COc1cc(C=Cc2nc3n(n2)CCC[C@H]3c2ccccc2)ccc1-n1cnc(C)c1. The molecule has 0 saturated heterocycles. The third kappa shape index (κ3) is 3.89. The molecule has 0 fully saturated rings. The van der Waals surface area contributed by atoms with Crippen molar-refractivity contribution in [3.63, 3.8) is 0 Å². The minimum absolute atomic E-state index is 0.308. The Kier molecular flexibility index (Phi) is 5.12. The lowest BCUT2D eigenvalue weighted by Gasteiger charge is -2.22. The number of hydrogen-bond donors (Lipinski definition) is 0. The van der Waals surface area contributed by atoms with Crippen molar-refractivity contribution in [2.45, 2.75) is 32.2 Å². The lowest BCUT2D eigenvalue weighted by atomic mass is 9.91. The molecule has 2 aromatic carbocycles. The van der Waals surface area contributed by atoms with Crippen molar-refractivity contribution >= 4 is 12.2 Å². The summed E-state index contributed by atoms with van der Waals surface area (Å²) < 4.78 is 9.64. The molecular weight excluding hydrogens is 386 g/mol. The summed E-state index contributed by atoms with van der Waals surface area (Å²) in [5, 5.41) is 4.73. The lowest BCUT2D eigenvalue weighted by molar-refractivity contribution is 0.413. The average Bonchev–Trinajstić information content (AvgIpc) is 3.43. The van der Waals surface area contributed by atoms with E-state index in [1.807, 2.05) is 42.0 Å². The van der Waals surface area contributed by atoms with E-state index in [1.54, 1.807) is 13.4 Å². The fourth-order valence-electron chi connectivity index (χ4n) is 4.18. The van der Waals surface area contributed by atoms with Gasteiger partial charge in [-0.05, 0) is 49.1 Å². The molecule has 6 nitrogen and oxygen atoms in total. The van der Waals surface area contributed by atoms with E-state index in [1.165, 1.54) is 5.56 Å². The van der Waals surface area contributed by atoms with E-state index in [0.717, 1.165) is 53.7 Å². The molecule has 0 bridgehead atoms. The van der Waals surface area contributed by atoms with Gasteiger partial charge < -0.3 is 9.30 Å². The van der Waals surface area contributed by atoms with Gasteiger partial charge in [0.15, 0.2) is 5.82 Å². The zero-order valence-corrected chi connectivity index (χ0v) is 17.8. The summed E-state index contributed by atoms with van der Waals surface area (Å²) in [6.45, 7) is 2.90. The summed E-state index contributed by atoms with van der Waals surface area (Å²) in [4.78, 5) is 9.16. The molecule has 0 N–H and O–H groups in total. The fraction of sp³-hybridized carbons (Fsp3) is 0.240. The fourth-order valence-corrected chi connectivity index (χ4v) is 4.18. The van der Waals surface area contributed by atoms with Gasteiger partial charge >= 0.3 is 0 Å². The lowest BCUT2D eigenvalue weighted by Crippen LogP contribution is -2.17. The Morgan fingerprint density at radius 2 is 1.97 bits per heavy atom. The van der Waals surface area contributed by atoms with E-state index in [4.69, 9.17) is 14.8 Å². The summed E-state index contributed by atoms with van der Waals surface area (Å²) in [5.74, 6) is 2.90. The van der Waals surface area contributed by atoms with Gasteiger partial charge in [0.1, 0.15) is 11.6 Å². The molecule has 0 amide bonds. The minimum atomic E-state index is 0.308. The van der Waals surface area contributed by atoms with Crippen LogP contribution in [0.5, 0.6) is 5.75 Å². The van der Waals surface area contributed by atoms with E-state index >= 15 is 0 Å². The van der Waals surface area contributed by atoms with Crippen molar-refractivity contribution in [2.75, 3.05) is 7.11 Å². The maximum absolute atomic E-state index is 5.61. The minimum Gasteiger partial charge on any atom is -0.495 e. The topological polar surface area (TPSA) is 57.8 Å². The molecule has 1 aliphatic rings. The van der Waals surface area contributed by atoms with Gasteiger partial charge in [-0.1, -0.05) is 42.5 Å². The van der Waals surface area contributed by atoms with Crippen molar-refractivity contribution in [2.24, 2.45) is 0 Å². The van der Waals surface area contributed by atoms with Crippen LogP contribution in [-0.2, 0) is 6.54 Å². The molecule has 1 aliphatic heterocycles. The van der Waals surface area contributed by atoms with Gasteiger partial charge in [0.05, 0.1) is 24.8 Å². The van der Waals surface area contributed by atoms with E-state index in [2.05, 4.69) is 46.1 Å². The smallest absolute Gasteiger partial charge is 0.174 e. The van der Waals surface area contributed by atoms with Crippen LogP contribution in [0, 0.1) is 6.92 Å². The Labute approximate surface area is 181 Å². The molecule has 0 saturated carbocycles. The van der Waals surface area contributed by atoms with Crippen LogP contribution in [0.3, 0.4) is 0 Å². The number of imidazole rings is 1. The van der Waals surface area contributed by atoms with Crippen LogP contribution < -0.4 is 4.74 Å². The molecule has 0 spiro atoms. The Morgan fingerprint density at radius 3 is 2.74 bits per heavy atom. The number of aromatic nitrogens is 5. The Hall–Kier alpha value is -3.67. The van der Waals surface area contributed by atoms with Gasteiger partial charge in [-0.15, -0.1) is 0 Å². The maximum Gasteiger partial charge on any atom is 0.174 e. The van der Waals surface area contributed by atoms with Crippen molar-refractivity contribution in [1.82, 2.24) is 24.3 Å². The van der Waals surface area contributed by atoms with Gasteiger partial charge in [-0.2, -0.15) is 5.10 Å². The van der Waals surface area contributed by atoms with Crippen LogP contribution in [0.2, 0.25) is 0 Å². The zero-order valence-electron chi connectivity index (χ0n) is 17.8. The zero-order chi connectivity index (χ0) is 21.2. The molecule has 6 heteroatoms. The molecule has 5 rings (SSSR count). The van der Waals surface area contributed by atoms with Crippen molar-refractivity contribution in [3.05, 3.63) is 89.5 Å². The highest BCUT2D eigenvalue weighted by atomic mass is 16.5. The van der Waals surface area contributed by atoms with E-state index in [-0.39, 0.29) is 0 Å². The van der Waals surface area contributed by atoms with Crippen LogP contribution in [0.25, 0.3) is 17.8 Å². The summed E-state index contributed by atoms with van der Waals surface area (Å²) in [7, 11) is 1.69. The Balaban J connectivity index is 1.41. The van der Waals surface area contributed by atoms with E-state index in [0.29, 0.717) is 5.92 Å². The monoisotopic (exact) mass is 411 g/mol. The summed E-state index contributed by atoms with van der Waals surface area (Å²) in [6, 6.07) is 16.7. The van der Waals surface area contributed by atoms with Gasteiger partial charge in [0, 0.05) is 18.7 Å². The van der Waals surface area contributed by atoms with Crippen LogP contribution in [0.4, 0.5) is 0 Å². The quantitative estimate of drug-likeness (QED) is 0.470. The van der Waals surface area contributed by atoms with Gasteiger partial charge in [0.2, 0.25) is 0 Å². The molecule has 0 aliphatic carbocycles. The van der Waals surface area contributed by atoms with Gasteiger partial charge in [0.25, 0.3) is 0 Å². The van der Waals surface area contributed by atoms with E-state index in [9.17, 15) is 0 Å². The van der Waals surface area contributed by atoms with Gasteiger partial charge in [-0.25, -0.2) is 14.6 Å². The standard InChI is InChI=1S/C25H25N5O/c1-18-16-29(17-26-18)22-12-10-19(15-23(22)31-2)11-13-24-27-25-21(9-6-14-30(25)28-24)20-7-4-3-5-8-20/h3-5,7-8,10-13,15-17,21H,6,9,14H2,1-2H3/t21-/m0/s1. The molecule has 1 atom stereocenters. The molecule has 156 valence electrons. The number of aryl methyl sites for hydroxylation is 2. The number of methoxy groups -OCH3 is 1. The predicted octanol–water partition coefficient (Wildman–Crippen LogP) is 4.88. The molecule has 31 heavy (non-hydrogen) atoms. The normalized spacial score (nSPS) is 15.9. The first-order valence-corrected chi connectivity index (χ1v) is 10.6. The Bertz CT molecular complexity index is 1220. The molecule has 0 unspecified atom stereocenters. The van der Waals surface area contributed by atoms with Crippen LogP contribution >= 0.6 is 0 Å². The van der Waals surface area contributed by atoms with Crippen LogP contribution in [0.1, 0.15) is 47.2 Å². The van der Waals surface area contributed by atoms with Crippen LogP contribution in [-0.4, -0.2) is 31.4 Å². The van der Waals surface area contributed by atoms with Crippen molar-refractivity contribution < 1.29 is 4.74 Å². The third-order valence-electron chi connectivity index (χ3n) is 5.71. The predicted molar refractivity (Wildman–Crippen MR) is 121 cm³/mol. The number of hydrogen-bond acceptors (Lipinski definition) is 4. The second-order valence-corrected chi connectivity index (χ2v) is 7.84. The number of benzene rings is 2. The van der Waals surface area contributed by atoms with Crippen molar-refractivity contribution in [1.29, 1.82) is 0 Å². The third-order valence-corrected chi connectivity index (χ3v) is 5.71. The number of ether oxygens (including phenoxy) is 1. The summed E-state index contributed by atoms with van der Waals surface area (Å²) in [5.41, 5.74) is 4.27. The first-order valence-electron chi connectivity index (χ1n) is 10.6. The number of fused-ring (bicyclic) bond motifs is 1. The Morgan fingerprint density at radius 1 is 1.10 bits per heavy atom. The second kappa shape index (κ2) is 8.22. The second-order valence-electron chi connectivity index (χ2n) is 7.84. The van der Waals surface area contributed by atoms with E-state index < -0.39 is 0 Å². The molecular formula is C25H25N5O. The largest absolute Gasteiger partial charge is 0.495 e. The van der Waals surface area contributed by atoms with Crippen LogP contribution in [0.15, 0.2) is 61.1 Å². The maximum atomic E-state index is 5.61. The highest BCUT2D eigenvalue weighted by Crippen LogP contribution is 2.32. The molecule has 2 aromatic heterocycles. The summed E-state index contributed by atoms with van der Waals surface area (Å²) >= 11 is 0. The number of rotatable bonds is 5. The molecule has 0 radical (unpaired) electrons. The first kappa shape index (κ1) is 19.3. The highest BCUT2D eigenvalue weighted by molar-refractivity contribution is 5.69. The first-order chi connectivity index (χ1) is 15.2. The van der Waals surface area contributed by atoms with Gasteiger partial charge in [-0.3, -0.25) is 0 Å². The highest BCUT2D eigenvalue weighted by Gasteiger charge is 2.25. The van der Waals surface area contributed by atoms with Crippen molar-refractivity contribution in [3.8, 4) is 11.4 Å². The number of nitrogens with zero attached hydrogens (tertiary/aromatic N) is 5. The molecule has 4 aromatic rings. The molecule has 3 heterocycles.